The smallest absolute Gasteiger partial charge is 0.261 e. The third-order valence-corrected chi connectivity index (χ3v) is 16.5. The largest absolute Gasteiger partial charge is 0.494 e. The summed E-state index contributed by atoms with van der Waals surface area (Å²) in [5.41, 5.74) is 9.00. The topological polar surface area (TPSA) is 75.5 Å². The third-order valence-electron chi connectivity index (χ3n) is 9.84. The molecular weight excluding hydrogens is 624 g/mol. The zero-order valence-corrected chi connectivity index (χ0v) is 30.9. The first-order valence-corrected chi connectivity index (χ1v) is 19.1. The van der Waals surface area contributed by atoms with Crippen molar-refractivity contribution in [3.63, 3.8) is 0 Å². The summed E-state index contributed by atoms with van der Waals surface area (Å²) in [4.78, 5) is 28.5. The van der Waals surface area contributed by atoms with Crippen LogP contribution in [0.2, 0.25) is 21.6 Å². The maximum atomic E-state index is 14.2. The highest BCUT2D eigenvalue weighted by atomic mass is 35.5. The Bertz CT molecular complexity index is 1860. The van der Waals surface area contributed by atoms with Gasteiger partial charge in [-0.3, -0.25) is 9.36 Å². The van der Waals surface area contributed by atoms with E-state index in [1.54, 1.807) is 31.0 Å². The van der Waals surface area contributed by atoms with E-state index in [9.17, 15) is 4.79 Å². The van der Waals surface area contributed by atoms with Crippen molar-refractivity contribution in [1.82, 2.24) is 19.4 Å². The summed E-state index contributed by atoms with van der Waals surface area (Å²) >= 11 is 6.71. The summed E-state index contributed by atoms with van der Waals surface area (Å²) in [6.45, 7) is 17.7. The van der Waals surface area contributed by atoms with Gasteiger partial charge in [0.15, 0.2) is 0 Å². The quantitative estimate of drug-likeness (QED) is 0.152. The maximum absolute atomic E-state index is 14.2. The lowest BCUT2D eigenvalue weighted by Crippen LogP contribution is -2.44. The zero-order chi connectivity index (χ0) is 34.0. The number of anilines is 3. The second kappa shape index (κ2) is 14.1. The number of methoxy groups -OCH3 is 1. The van der Waals surface area contributed by atoms with E-state index in [0.717, 1.165) is 37.6 Å². The summed E-state index contributed by atoms with van der Waals surface area (Å²) in [5.74, 6) is 4.62. The summed E-state index contributed by atoms with van der Waals surface area (Å²) in [6, 6.07) is 13.6. The Labute approximate surface area is 285 Å². The Hall–Kier alpha value is -3.84. The number of halogens is 1. The van der Waals surface area contributed by atoms with Gasteiger partial charge in [-0.1, -0.05) is 77.3 Å². The summed E-state index contributed by atoms with van der Waals surface area (Å²) in [5, 5.41) is 4.54. The SMILES string of the molecule is COc1cc(N2CCN(C)CC2)ccc1Nc1ncc2c(C#C[Si](C(C)C)(C(C)C)C(C)C)c(-c3ccccc3Cl)c(=O)n(C)c2n1. The highest BCUT2D eigenvalue weighted by Crippen LogP contribution is 2.41. The van der Waals surface area contributed by atoms with Crippen LogP contribution >= 0.6 is 11.6 Å². The molecule has 0 bridgehead atoms. The van der Waals surface area contributed by atoms with Crippen LogP contribution in [0.4, 0.5) is 17.3 Å². The first-order valence-electron chi connectivity index (χ1n) is 16.4. The molecule has 47 heavy (non-hydrogen) atoms. The average Bonchev–Trinajstić information content (AvgIpc) is 3.04. The minimum absolute atomic E-state index is 0.209. The highest BCUT2D eigenvalue weighted by Gasteiger charge is 2.42. The number of aromatic nitrogens is 3. The monoisotopic (exact) mass is 670 g/mol. The predicted octanol–water partition coefficient (Wildman–Crippen LogP) is 7.72. The van der Waals surface area contributed by atoms with E-state index in [2.05, 4.69) is 81.2 Å². The standard InChI is InChI=1S/C37H47ClN6O2Si/c1-24(2)47(25(3)4,26(5)6)21-16-28-30-23-39-37(41-35(30)43(8)36(45)34(28)29-12-10-11-13-31(29)38)40-32-15-14-27(22-33(32)46-9)44-19-17-42(7)18-20-44/h10-15,22-26H,17-20H2,1-9H3,(H,39,40,41). The lowest BCUT2D eigenvalue weighted by molar-refractivity contribution is 0.312. The number of likely N-dealkylation sites (N-methyl/N-ethyl adjacent to an activating group) is 1. The number of hydrogen-bond acceptors (Lipinski definition) is 7. The van der Waals surface area contributed by atoms with Crippen molar-refractivity contribution in [2.45, 2.75) is 58.2 Å². The molecule has 1 fully saturated rings. The van der Waals surface area contributed by atoms with Gasteiger partial charge in [-0.15, -0.1) is 5.54 Å². The molecule has 3 heterocycles. The molecule has 0 saturated carbocycles. The first kappa shape index (κ1) is 34.5. The minimum atomic E-state index is -2.14. The molecule has 1 N–H and O–H groups in total. The summed E-state index contributed by atoms with van der Waals surface area (Å²) in [7, 11) is 3.41. The molecule has 0 spiro atoms. The molecule has 0 atom stereocenters. The van der Waals surface area contributed by atoms with E-state index in [1.165, 1.54) is 0 Å². The van der Waals surface area contributed by atoms with Gasteiger partial charge in [0.1, 0.15) is 19.5 Å². The normalized spacial score (nSPS) is 14.2. The van der Waals surface area contributed by atoms with Crippen LogP contribution in [0.5, 0.6) is 5.75 Å². The lowest BCUT2D eigenvalue weighted by atomic mass is 9.99. The summed E-state index contributed by atoms with van der Waals surface area (Å²) < 4.78 is 7.35. The van der Waals surface area contributed by atoms with Gasteiger partial charge < -0.3 is 19.9 Å². The number of rotatable bonds is 8. The molecule has 10 heteroatoms. The van der Waals surface area contributed by atoms with Crippen molar-refractivity contribution in [2.75, 3.05) is 50.6 Å². The molecular formula is C37H47ClN6O2Si. The molecule has 0 amide bonds. The van der Waals surface area contributed by atoms with Crippen molar-refractivity contribution in [3.05, 3.63) is 69.6 Å². The number of hydrogen-bond donors (Lipinski definition) is 1. The molecule has 8 nitrogen and oxygen atoms in total. The lowest BCUT2D eigenvalue weighted by Gasteiger charge is -2.38. The van der Waals surface area contributed by atoms with Crippen LogP contribution in [-0.4, -0.2) is 67.8 Å². The van der Waals surface area contributed by atoms with E-state index >= 15 is 0 Å². The fourth-order valence-corrected chi connectivity index (χ4v) is 12.6. The van der Waals surface area contributed by atoms with Crippen LogP contribution < -0.4 is 20.5 Å². The number of benzene rings is 2. The van der Waals surface area contributed by atoms with Crippen LogP contribution in [-0.2, 0) is 7.05 Å². The number of aryl methyl sites for hydroxylation is 1. The van der Waals surface area contributed by atoms with Crippen LogP contribution in [0.3, 0.4) is 0 Å². The average molecular weight is 671 g/mol. The molecule has 1 aliphatic heterocycles. The molecule has 0 radical (unpaired) electrons. The number of ether oxygens (including phenoxy) is 1. The fraction of sp³-hybridized carbons (Fsp3) is 0.432. The maximum Gasteiger partial charge on any atom is 0.261 e. The minimum Gasteiger partial charge on any atom is -0.494 e. The van der Waals surface area contributed by atoms with Gasteiger partial charge >= 0.3 is 0 Å². The van der Waals surface area contributed by atoms with Crippen LogP contribution in [0.1, 0.15) is 47.1 Å². The predicted molar refractivity (Wildman–Crippen MR) is 199 cm³/mol. The molecule has 2 aromatic carbocycles. The Morgan fingerprint density at radius 1 is 0.957 bits per heavy atom. The van der Waals surface area contributed by atoms with E-state index < -0.39 is 8.07 Å². The van der Waals surface area contributed by atoms with Crippen molar-refractivity contribution < 1.29 is 4.74 Å². The number of pyridine rings is 1. The Balaban J connectivity index is 1.65. The zero-order valence-electron chi connectivity index (χ0n) is 29.1. The number of nitrogens with zero attached hydrogens (tertiary/aromatic N) is 5. The third kappa shape index (κ3) is 6.64. The van der Waals surface area contributed by atoms with Crippen molar-refractivity contribution >= 4 is 48.0 Å². The van der Waals surface area contributed by atoms with Gasteiger partial charge in [0.25, 0.3) is 5.56 Å². The van der Waals surface area contributed by atoms with Crippen molar-refractivity contribution in [2.24, 2.45) is 7.05 Å². The molecule has 2 aromatic heterocycles. The molecule has 0 aliphatic carbocycles. The molecule has 1 aliphatic rings. The Kier molecular flexibility index (Phi) is 10.3. The molecule has 0 unspecified atom stereocenters. The first-order chi connectivity index (χ1) is 22.4. The fourth-order valence-electron chi connectivity index (χ4n) is 7.18. The van der Waals surface area contributed by atoms with Gasteiger partial charge in [0.05, 0.1) is 23.7 Å². The van der Waals surface area contributed by atoms with E-state index in [0.29, 0.717) is 61.1 Å². The number of piperazine rings is 1. The van der Waals surface area contributed by atoms with E-state index in [4.69, 9.17) is 26.3 Å². The molecule has 1 saturated heterocycles. The van der Waals surface area contributed by atoms with Gasteiger partial charge in [-0.05, 0) is 41.9 Å². The second-order valence-electron chi connectivity index (χ2n) is 13.5. The van der Waals surface area contributed by atoms with Crippen molar-refractivity contribution in [3.8, 4) is 28.3 Å². The van der Waals surface area contributed by atoms with Gasteiger partial charge in [-0.25, -0.2) is 4.98 Å². The summed E-state index contributed by atoms with van der Waals surface area (Å²) in [6.07, 6.45) is 1.77. The van der Waals surface area contributed by atoms with Crippen LogP contribution in [0.25, 0.3) is 22.2 Å². The van der Waals surface area contributed by atoms with Gasteiger partial charge in [0, 0.05) is 67.3 Å². The van der Waals surface area contributed by atoms with Gasteiger partial charge in [0.2, 0.25) is 5.95 Å². The van der Waals surface area contributed by atoms with Crippen LogP contribution in [0, 0.1) is 11.5 Å². The van der Waals surface area contributed by atoms with E-state index in [1.807, 2.05) is 30.3 Å². The number of nitrogens with one attached hydrogen (secondary N) is 1. The molecule has 4 aromatic rings. The Morgan fingerprint density at radius 3 is 2.23 bits per heavy atom. The van der Waals surface area contributed by atoms with Gasteiger partial charge in [-0.2, -0.15) is 4.98 Å². The Morgan fingerprint density at radius 2 is 1.62 bits per heavy atom. The van der Waals surface area contributed by atoms with E-state index in [-0.39, 0.29) is 5.56 Å². The highest BCUT2D eigenvalue weighted by molar-refractivity contribution is 6.90. The molecule has 248 valence electrons. The second-order valence-corrected chi connectivity index (χ2v) is 19.5. The number of fused-ring (bicyclic) bond motifs is 1. The molecule has 5 rings (SSSR count). The van der Waals surface area contributed by atoms with Crippen molar-refractivity contribution in [1.29, 1.82) is 0 Å². The van der Waals surface area contributed by atoms with Crippen LogP contribution in [0.15, 0.2) is 53.5 Å².